The van der Waals surface area contributed by atoms with Gasteiger partial charge in [-0.15, -0.1) is 11.8 Å². The highest BCUT2D eigenvalue weighted by molar-refractivity contribution is 7.99. The van der Waals surface area contributed by atoms with Crippen LogP contribution in [0.15, 0.2) is 53.4 Å². The van der Waals surface area contributed by atoms with Gasteiger partial charge < -0.3 is 10.2 Å². The molecule has 2 rings (SSSR count). The van der Waals surface area contributed by atoms with E-state index in [4.69, 9.17) is 23.2 Å². The average Bonchev–Trinajstić information content (AvgIpc) is 2.72. The maximum Gasteiger partial charge on any atom is 0.242 e. The zero-order valence-corrected chi connectivity index (χ0v) is 19.0. The second-order valence-corrected chi connectivity index (χ2v) is 8.64. The van der Waals surface area contributed by atoms with Gasteiger partial charge in [-0.1, -0.05) is 48.3 Å². The molecular formula is C22H26Cl2N2O2S. The first-order valence-electron chi connectivity index (χ1n) is 9.61. The Morgan fingerprint density at radius 3 is 2.45 bits per heavy atom. The highest BCUT2D eigenvalue weighted by atomic mass is 35.5. The van der Waals surface area contributed by atoms with Crippen molar-refractivity contribution in [1.29, 1.82) is 0 Å². The summed E-state index contributed by atoms with van der Waals surface area (Å²) in [7, 11) is 0. The Morgan fingerprint density at radius 1 is 1.10 bits per heavy atom. The summed E-state index contributed by atoms with van der Waals surface area (Å²) in [5.41, 5.74) is 0.822. The summed E-state index contributed by atoms with van der Waals surface area (Å²) in [6.07, 6.45) is 1.16. The van der Waals surface area contributed by atoms with E-state index in [1.54, 1.807) is 29.7 Å². The third-order valence-corrected chi connectivity index (χ3v) is 6.05. The van der Waals surface area contributed by atoms with E-state index >= 15 is 0 Å². The van der Waals surface area contributed by atoms with E-state index in [1.165, 1.54) is 0 Å². The van der Waals surface area contributed by atoms with Gasteiger partial charge in [0.15, 0.2) is 0 Å². The molecule has 0 saturated carbocycles. The number of rotatable bonds is 10. The topological polar surface area (TPSA) is 49.4 Å². The molecule has 1 N–H and O–H groups in total. The molecule has 0 fully saturated rings. The van der Waals surface area contributed by atoms with Gasteiger partial charge in [0.25, 0.3) is 0 Å². The lowest BCUT2D eigenvalue weighted by Gasteiger charge is -2.29. The van der Waals surface area contributed by atoms with E-state index in [9.17, 15) is 9.59 Å². The maximum atomic E-state index is 13.0. The van der Waals surface area contributed by atoms with Crippen molar-refractivity contribution in [3.05, 3.63) is 64.1 Å². The molecule has 7 heteroatoms. The minimum absolute atomic E-state index is 0.0782. The Labute approximate surface area is 187 Å². The van der Waals surface area contributed by atoms with Crippen LogP contribution in [0.3, 0.4) is 0 Å². The quantitative estimate of drug-likeness (QED) is 0.489. The lowest BCUT2D eigenvalue weighted by Crippen LogP contribution is -2.47. The minimum atomic E-state index is -0.578. The molecule has 29 heavy (non-hydrogen) atoms. The average molecular weight is 453 g/mol. The van der Waals surface area contributed by atoms with E-state index < -0.39 is 6.04 Å². The fourth-order valence-corrected chi connectivity index (χ4v) is 3.88. The van der Waals surface area contributed by atoms with Crippen LogP contribution in [0.1, 0.15) is 32.3 Å². The number of benzene rings is 2. The van der Waals surface area contributed by atoms with Gasteiger partial charge in [0.2, 0.25) is 11.8 Å². The van der Waals surface area contributed by atoms with Gasteiger partial charge in [0.05, 0.1) is 0 Å². The molecule has 0 radical (unpaired) electrons. The van der Waals surface area contributed by atoms with E-state index in [0.29, 0.717) is 35.3 Å². The molecule has 156 valence electrons. The standard InChI is InChI=1S/C22H26Cl2N2O2S/c1-3-13-25-22(28)16(2)26(15-17-6-4-5-7-20(17)24)21(27)12-14-29-19-10-8-18(23)9-11-19/h4-11,16H,3,12-15H2,1-2H3,(H,25,28)/t16-/m1/s1. The lowest BCUT2D eigenvalue weighted by atomic mass is 10.1. The number of amides is 2. The molecule has 1 atom stereocenters. The van der Waals surface area contributed by atoms with Gasteiger partial charge in [0.1, 0.15) is 6.04 Å². The molecule has 0 unspecified atom stereocenters. The van der Waals surface area contributed by atoms with E-state index in [-0.39, 0.29) is 11.8 Å². The van der Waals surface area contributed by atoms with Crippen LogP contribution < -0.4 is 5.32 Å². The fraction of sp³-hybridized carbons (Fsp3) is 0.364. The van der Waals surface area contributed by atoms with Crippen LogP contribution >= 0.6 is 35.0 Å². The Morgan fingerprint density at radius 2 is 1.79 bits per heavy atom. The number of carbonyl (C=O) groups excluding carboxylic acids is 2. The van der Waals surface area contributed by atoms with Crippen LogP contribution in [0.4, 0.5) is 0 Å². The van der Waals surface area contributed by atoms with Crippen molar-refractivity contribution in [1.82, 2.24) is 10.2 Å². The monoisotopic (exact) mass is 452 g/mol. The number of thioether (sulfide) groups is 1. The van der Waals surface area contributed by atoms with Crippen molar-refractivity contribution in [3.8, 4) is 0 Å². The highest BCUT2D eigenvalue weighted by Crippen LogP contribution is 2.23. The van der Waals surface area contributed by atoms with Crippen LogP contribution in [0.25, 0.3) is 0 Å². The third kappa shape index (κ3) is 7.57. The number of hydrogen-bond donors (Lipinski definition) is 1. The van der Waals surface area contributed by atoms with Crippen LogP contribution in [0.5, 0.6) is 0 Å². The number of halogens is 2. The molecule has 0 aliphatic carbocycles. The normalized spacial score (nSPS) is 11.7. The van der Waals surface area contributed by atoms with Crippen molar-refractivity contribution in [3.63, 3.8) is 0 Å². The summed E-state index contributed by atoms with van der Waals surface area (Å²) in [6.45, 7) is 4.63. The molecule has 0 aromatic heterocycles. The van der Waals surface area contributed by atoms with Gasteiger partial charge in [-0.25, -0.2) is 0 Å². The second kappa shape index (κ2) is 12.1. The summed E-state index contributed by atoms with van der Waals surface area (Å²) in [5, 5.41) is 4.14. The largest absolute Gasteiger partial charge is 0.354 e. The molecule has 0 saturated heterocycles. The Bertz CT molecular complexity index is 815. The van der Waals surface area contributed by atoms with Crippen LogP contribution in [0, 0.1) is 0 Å². The molecular weight excluding hydrogens is 427 g/mol. The van der Waals surface area contributed by atoms with Crippen molar-refractivity contribution >= 4 is 46.8 Å². The number of carbonyl (C=O) groups is 2. The predicted molar refractivity (Wildman–Crippen MR) is 122 cm³/mol. The van der Waals surface area contributed by atoms with E-state index in [1.807, 2.05) is 49.4 Å². The van der Waals surface area contributed by atoms with Crippen LogP contribution in [-0.4, -0.2) is 35.1 Å². The third-order valence-electron chi connectivity index (χ3n) is 4.41. The van der Waals surface area contributed by atoms with Crippen molar-refractivity contribution < 1.29 is 9.59 Å². The summed E-state index contributed by atoms with van der Waals surface area (Å²) in [5.74, 6) is 0.381. The second-order valence-electron chi connectivity index (χ2n) is 6.63. The van der Waals surface area contributed by atoms with E-state index in [0.717, 1.165) is 16.9 Å². The first-order chi connectivity index (χ1) is 13.9. The maximum absolute atomic E-state index is 13.0. The van der Waals surface area contributed by atoms with Gasteiger partial charge in [0, 0.05) is 40.2 Å². The molecule has 2 aromatic carbocycles. The molecule has 0 aliphatic rings. The van der Waals surface area contributed by atoms with Crippen molar-refractivity contribution in [2.75, 3.05) is 12.3 Å². The summed E-state index contributed by atoms with van der Waals surface area (Å²) in [4.78, 5) is 28.1. The molecule has 2 aromatic rings. The predicted octanol–water partition coefficient (Wildman–Crippen LogP) is 5.42. The van der Waals surface area contributed by atoms with Gasteiger partial charge in [-0.2, -0.15) is 0 Å². The molecule has 0 aliphatic heterocycles. The Balaban J connectivity index is 2.05. The Kier molecular flexibility index (Phi) is 9.85. The van der Waals surface area contributed by atoms with Crippen molar-refractivity contribution in [2.45, 2.75) is 44.2 Å². The smallest absolute Gasteiger partial charge is 0.242 e. The molecule has 4 nitrogen and oxygen atoms in total. The molecule has 2 amide bonds. The number of nitrogens with one attached hydrogen (secondary N) is 1. The SMILES string of the molecule is CCCNC(=O)[C@@H](C)N(Cc1ccccc1Cl)C(=O)CCSc1ccc(Cl)cc1. The van der Waals surface area contributed by atoms with Gasteiger partial charge in [-0.05, 0) is 49.2 Å². The minimum Gasteiger partial charge on any atom is -0.354 e. The van der Waals surface area contributed by atoms with Gasteiger partial charge in [-0.3, -0.25) is 9.59 Å². The highest BCUT2D eigenvalue weighted by Gasteiger charge is 2.26. The molecule has 0 bridgehead atoms. The van der Waals surface area contributed by atoms with Crippen LogP contribution in [0.2, 0.25) is 10.0 Å². The lowest BCUT2D eigenvalue weighted by molar-refractivity contribution is -0.140. The fourth-order valence-electron chi connectivity index (χ4n) is 2.72. The van der Waals surface area contributed by atoms with E-state index in [2.05, 4.69) is 5.32 Å². The van der Waals surface area contributed by atoms with Crippen LogP contribution in [-0.2, 0) is 16.1 Å². The zero-order valence-electron chi connectivity index (χ0n) is 16.7. The summed E-state index contributed by atoms with van der Waals surface area (Å²) < 4.78 is 0. The number of nitrogens with zero attached hydrogens (tertiary/aromatic N) is 1. The number of hydrogen-bond acceptors (Lipinski definition) is 3. The summed E-state index contributed by atoms with van der Waals surface area (Å²) in [6, 6.07) is 14.3. The van der Waals surface area contributed by atoms with Crippen molar-refractivity contribution in [2.24, 2.45) is 0 Å². The first kappa shape index (κ1) is 23.6. The Hall–Kier alpha value is -1.69. The van der Waals surface area contributed by atoms with Gasteiger partial charge >= 0.3 is 0 Å². The first-order valence-corrected chi connectivity index (χ1v) is 11.4. The summed E-state index contributed by atoms with van der Waals surface area (Å²) >= 11 is 13.8. The molecule has 0 spiro atoms. The zero-order chi connectivity index (χ0) is 21.2. The molecule has 0 heterocycles.